The van der Waals surface area contributed by atoms with Crippen LogP contribution in [0.2, 0.25) is 0 Å². The minimum absolute atomic E-state index is 0.198. The average Bonchev–Trinajstić information content (AvgIpc) is 2.54. The van der Waals surface area contributed by atoms with Crippen LogP contribution in [0, 0.1) is 11.3 Å². The Balaban J connectivity index is 2.20. The van der Waals surface area contributed by atoms with Crippen molar-refractivity contribution >= 4 is 5.82 Å². The van der Waals surface area contributed by atoms with E-state index in [1.807, 2.05) is 30.1 Å². The molecule has 4 heteroatoms. The van der Waals surface area contributed by atoms with Crippen LogP contribution < -0.4 is 9.64 Å². The maximum atomic E-state index is 9.18. The van der Waals surface area contributed by atoms with Crippen LogP contribution in [0.3, 0.4) is 0 Å². The normalized spacial score (nSPS) is 11.5. The molecule has 2 rings (SSSR count). The lowest BCUT2D eigenvalue weighted by atomic mass is 10.0. The molecule has 1 aromatic heterocycles. The lowest BCUT2D eigenvalue weighted by molar-refractivity contribution is 0.408. The Morgan fingerprint density at radius 3 is 2.76 bits per heavy atom. The maximum Gasteiger partial charge on any atom is 0.146 e. The monoisotopic (exact) mass is 281 g/mol. The van der Waals surface area contributed by atoms with Gasteiger partial charge in [-0.2, -0.15) is 5.26 Å². The fourth-order valence-electron chi connectivity index (χ4n) is 2.30. The van der Waals surface area contributed by atoms with E-state index < -0.39 is 0 Å². The number of nitrogens with zero attached hydrogens (tertiary/aromatic N) is 3. The minimum atomic E-state index is 0.198. The molecule has 1 atom stereocenters. The highest BCUT2D eigenvalue weighted by Gasteiger charge is 2.16. The molecule has 0 saturated carbocycles. The number of hydrogen-bond donors (Lipinski definition) is 0. The molecule has 0 saturated heterocycles. The average molecular weight is 281 g/mol. The van der Waals surface area contributed by atoms with E-state index in [1.165, 1.54) is 0 Å². The summed E-state index contributed by atoms with van der Waals surface area (Å²) in [6.45, 7) is 2.11. The molecule has 2 aromatic rings. The minimum Gasteiger partial charge on any atom is -0.496 e. The molecule has 0 amide bonds. The maximum absolute atomic E-state index is 9.18. The number of likely N-dealkylation sites (N-methyl/N-ethyl adjacent to an activating group) is 1. The van der Waals surface area contributed by atoms with Crippen molar-refractivity contribution in [3.05, 3.63) is 53.7 Å². The molecular weight excluding hydrogens is 262 g/mol. The van der Waals surface area contributed by atoms with Crippen molar-refractivity contribution < 1.29 is 4.74 Å². The third-order valence-corrected chi connectivity index (χ3v) is 3.61. The molecule has 0 aliphatic carbocycles. The zero-order valence-electron chi connectivity index (χ0n) is 12.6. The van der Waals surface area contributed by atoms with Gasteiger partial charge in [0, 0.05) is 19.3 Å². The van der Waals surface area contributed by atoms with E-state index in [1.54, 1.807) is 25.4 Å². The van der Waals surface area contributed by atoms with Gasteiger partial charge < -0.3 is 9.64 Å². The Hall–Kier alpha value is -2.54. The van der Waals surface area contributed by atoms with Crippen LogP contribution in [0.15, 0.2) is 42.6 Å². The first kappa shape index (κ1) is 14.9. The van der Waals surface area contributed by atoms with Crippen LogP contribution in [-0.4, -0.2) is 25.2 Å². The van der Waals surface area contributed by atoms with Crippen molar-refractivity contribution in [1.29, 1.82) is 5.26 Å². The second kappa shape index (κ2) is 6.76. The van der Waals surface area contributed by atoms with Crippen LogP contribution in [-0.2, 0) is 6.42 Å². The molecule has 4 nitrogen and oxygen atoms in total. The first-order chi connectivity index (χ1) is 10.2. The lowest BCUT2D eigenvalue weighted by Gasteiger charge is -2.27. The van der Waals surface area contributed by atoms with Gasteiger partial charge >= 0.3 is 0 Å². The molecule has 108 valence electrons. The molecule has 0 bridgehead atoms. The zero-order valence-corrected chi connectivity index (χ0v) is 12.6. The van der Waals surface area contributed by atoms with Crippen molar-refractivity contribution in [3.63, 3.8) is 0 Å². The molecule has 1 aromatic carbocycles. The molecule has 0 aliphatic rings. The summed E-state index contributed by atoms with van der Waals surface area (Å²) < 4.78 is 5.39. The summed E-state index contributed by atoms with van der Waals surface area (Å²) in [4.78, 5) is 6.36. The van der Waals surface area contributed by atoms with E-state index in [9.17, 15) is 5.26 Å². The van der Waals surface area contributed by atoms with Crippen molar-refractivity contribution in [2.45, 2.75) is 19.4 Å². The number of ether oxygens (including phenoxy) is 1. The Morgan fingerprint density at radius 1 is 1.29 bits per heavy atom. The van der Waals surface area contributed by atoms with E-state index in [-0.39, 0.29) is 6.04 Å². The van der Waals surface area contributed by atoms with Crippen LogP contribution in [0.4, 0.5) is 5.82 Å². The van der Waals surface area contributed by atoms with Gasteiger partial charge in [0.1, 0.15) is 17.6 Å². The lowest BCUT2D eigenvalue weighted by Crippen LogP contribution is -2.32. The molecule has 0 spiro atoms. The smallest absolute Gasteiger partial charge is 0.146 e. The first-order valence-electron chi connectivity index (χ1n) is 6.87. The fourth-order valence-corrected chi connectivity index (χ4v) is 2.30. The van der Waals surface area contributed by atoms with Gasteiger partial charge in [0.15, 0.2) is 0 Å². The number of para-hydroxylation sites is 1. The largest absolute Gasteiger partial charge is 0.496 e. The zero-order chi connectivity index (χ0) is 15.2. The van der Waals surface area contributed by atoms with Gasteiger partial charge in [-0.1, -0.05) is 18.2 Å². The molecule has 1 heterocycles. The van der Waals surface area contributed by atoms with Crippen LogP contribution in [0.1, 0.15) is 18.1 Å². The van der Waals surface area contributed by atoms with Gasteiger partial charge in [-0.05, 0) is 37.1 Å². The predicted molar refractivity (Wildman–Crippen MR) is 83.5 cm³/mol. The molecular formula is C17H19N3O. The topological polar surface area (TPSA) is 49.1 Å². The first-order valence-corrected chi connectivity index (χ1v) is 6.87. The molecule has 0 N–H and O–H groups in total. The highest BCUT2D eigenvalue weighted by Crippen LogP contribution is 2.23. The Morgan fingerprint density at radius 2 is 2.05 bits per heavy atom. The van der Waals surface area contributed by atoms with Gasteiger partial charge in [0.05, 0.1) is 12.7 Å². The van der Waals surface area contributed by atoms with E-state index in [4.69, 9.17) is 4.74 Å². The van der Waals surface area contributed by atoms with Crippen LogP contribution >= 0.6 is 0 Å². The Kier molecular flexibility index (Phi) is 4.78. The van der Waals surface area contributed by atoms with Gasteiger partial charge in [0.25, 0.3) is 0 Å². The number of methoxy groups -OCH3 is 1. The summed E-state index contributed by atoms with van der Waals surface area (Å²) in [7, 11) is 3.64. The summed E-state index contributed by atoms with van der Waals surface area (Å²) in [5, 5.41) is 9.18. The van der Waals surface area contributed by atoms with Crippen molar-refractivity contribution in [2.24, 2.45) is 0 Å². The Labute approximate surface area is 125 Å². The quantitative estimate of drug-likeness (QED) is 0.845. The van der Waals surface area contributed by atoms with E-state index >= 15 is 0 Å². The van der Waals surface area contributed by atoms with Gasteiger partial charge in [-0.25, -0.2) is 4.98 Å². The highest BCUT2D eigenvalue weighted by atomic mass is 16.5. The number of benzene rings is 1. The summed E-state index contributed by atoms with van der Waals surface area (Å²) in [6.07, 6.45) is 2.53. The summed E-state index contributed by atoms with van der Waals surface area (Å²) in [5.74, 6) is 1.60. The number of hydrogen-bond acceptors (Lipinski definition) is 4. The van der Waals surface area contributed by atoms with Crippen molar-refractivity contribution in [1.82, 2.24) is 4.98 Å². The second-order valence-corrected chi connectivity index (χ2v) is 4.96. The summed E-state index contributed by atoms with van der Waals surface area (Å²) in [6, 6.07) is 13.9. The third kappa shape index (κ3) is 3.32. The Bertz CT molecular complexity index is 648. The van der Waals surface area contributed by atoms with Crippen LogP contribution in [0.5, 0.6) is 5.75 Å². The van der Waals surface area contributed by atoms with E-state index in [2.05, 4.69) is 24.0 Å². The number of anilines is 1. The highest BCUT2D eigenvalue weighted by molar-refractivity contribution is 5.53. The van der Waals surface area contributed by atoms with Crippen LogP contribution in [0.25, 0.3) is 0 Å². The number of nitriles is 1. The molecule has 1 unspecified atom stereocenters. The van der Waals surface area contributed by atoms with Crippen molar-refractivity contribution in [2.75, 3.05) is 19.1 Å². The number of aromatic nitrogens is 1. The van der Waals surface area contributed by atoms with Gasteiger partial charge in [0.2, 0.25) is 0 Å². The van der Waals surface area contributed by atoms with Crippen molar-refractivity contribution in [3.8, 4) is 11.8 Å². The third-order valence-electron chi connectivity index (χ3n) is 3.61. The summed E-state index contributed by atoms with van der Waals surface area (Å²) in [5.41, 5.74) is 1.74. The fraction of sp³-hybridized carbons (Fsp3) is 0.294. The SMILES string of the molecule is COc1ccccc1CC(C)N(C)c1ncccc1C#N. The second-order valence-electron chi connectivity index (χ2n) is 4.96. The molecule has 0 aliphatic heterocycles. The standard InChI is InChI=1S/C17H19N3O/c1-13(11-14-7-4-5-9-16(14)21-3)20(2)17-15(12-18)8-6-10-19-17/h4-10,13H,11H2,1-3H3. The van der Waals surface area contributed by atoms with E-state index in [0.29, 0.717) is 11.4 Å². The van der Waals surface area contributed by atoms with Gasteiger partial charge in [-0.3, -0.25) is 0 Å². The number of rotatable bonds is 5. The van der Waals surface area contributed by atoms with E-state index in [0.717, 1.165) is 17.7 Å². The molecule has 21 heavy (non-hydrogen) atoms. The molecule has 0 fully saturated rings. The number of pyridine rings is 1. The van der Waals surface area contributed by atoms with Gasteiger partial charge in [-0.15, -0.1) is 0 Å². The molecule has 0 radical (unpaired) electrons. The summed E-state index contributed by atoms with van der Waals surface area (Å²) >= 11 is 0. The predicted octanol–water partition coefficient (Wildman–Crippen LogP) is 3.03.